The molecular formula is C20H31IN6. The highest BCUT2D eigenvalue weighted by Crippen LogP contribution is 2.04. The van der Waals surface area contributed by atoms with Gasteiger partial charge in [-0.15, -0.1) is 40.8 Å². The summed E-state index contributed by atoms with van der Waals surface area (Å²) in [6.45, 7) is 10.2. The maximum atomic E-state index is 4.68. The monoisotopic (exact) mass is 482 g/mol. The molecule has 0 bridgehead atoms. The van der Waals surface area contributed by atoms with E-state index in [0.29, 0.717) is 19.1 Å². The molecule has 0 aliphatic heterocycles. The molecule has 1 heterocycles. The number of aliphatic imine (C=N–C) groups is 1. The number of rotatable bonds is 10. The summed E-state index contributed by atoms with van der Waals surface area (Å²) >= 11 is 0. The summed E-state index contributed by atoms with van der Waals surface area (Å²) in [6.07, 6.45) is 6.57. The van der Waals surface area contributed by atoms with Crippen molar-refractivity contribution in [3.63, 3.8) is 0 Å². The number of nitrogens with one attached hydrogen (secondary N) is 2. The molecule has 0 spiro atoms. The van der Waals surface area contributed by atoms with E-state index in [-0.39, 0.29) is 24.0 Å². The molecule has 1 aromatic heterocycles. The van der Waals surface area contributed by atoms with Crippen molar-refractivity contribution >= 4 is 29.9 Å². The molecular weight excluding hydrogens is 451 g/mol. The van der Waals surface area contributed by atoms with Crippen LogP contribution in [-0.4, -0.2) is 39.9 Å². The van der Waals surface area contributed by atoms with Crippen LogP contribution in [0.25, 0.3) is 0 Å². The van der Waals surface area contributed by atoms with Crippen LogP contribution in [0.3, 0.4) is 0 Å². The van der Waals surface area contributed by atoms with E-state index in [2.05, 4.69) is 76.6 Å². The molecule has 0 aliphatic rings. The van der Waals surface area contributed by atoms with E-state index < -0.39 is 0 Å². The van der Waals surface area contributed by atoms with Crippen LogP contribution < -0.4 is 10.6 Å². The number of nitrogens with zero attached hydrogens (tertiary/aromatic N) is 4. The van der Waals surface area contributed by atoms with Gasteiger partial charge in [0.25, 0.3) is 0 Å². The van der Waals surface area contributed by atoms with Crippen LogP contribution in [-0.2, 0) is 19.4 Å². The predicted molar refractivity (Wildman–Crippen MR) is 123 cm³/mol. The van der Waals surface area contributed by atoms with Gasteiger partial charge in [-0.1, -0.05) is 43.3 Å². The van der Waals surface area contributed by atoms with Gasteiger partial charge in [-0.05, 0) is 25.3 Å². The molecule has 0 aliphatic carbocycles. The Bertz CT molecular complexity index is 683. The minimum Gasteiger partial charge on any atom is -0.354 e. The Labute approximate surface area is 179 Å². The highest BCUT2D eigenvalue weighted by atomic mass is 127. The first kappa shape index (κ1) is 23.1. The molecule has 0 radical (unpaired) electrons. The molecule has 1 atom stereocenters. The van der Waals surface area contributed by atoms with Gasteiger partial charge in [-0.25, -0.2) is 0 Å². The van der Waals surface area contributed by atoms with Gasteiger partial charge < -0.3 is 15.2 Å². The van der Waals surface area contributed by atoms with Gasteiger partial charge in [0.1, 0.15) is 12.2 Å². The van der Waals surface area contributed by atoms with E-state index in [9.17, 15) is 0 Å². The van der Waals surface area contributed by atoms with Crippen molar-refractivity contribution in [2.75, 3.05) is 13.1 Å². The molecule has 1 aromatic carbocycles. The van der Waals surface area contributed by atoms with Crippen LogP contribution in [0.5, 0.6) is 0 Å². The molecule has 1 unspecified atom stereocenters. The Morgan fingerprint density at radius 2 is 2.11 bits per heavy atom. The van der Waals surface area contributed by atoms with Gasteiger partial charge in [0.05, 0.1) is 6.54 Å². The van der Waals surface area contributed by atoms with E-state index in [1.807, 2.05) is 10.6 Å². The Hall–Kier alpha value is -1.90. The van der Waals surface area contributed by atoms with Crippen molar-refractivity contribution in [1.29, 1.82) is 0 Å². The average Bonchev–Trinajstić information content (AvgIpc) is 3.12. The topological polar surface area (TPSA) is 67.1 Å². The second-order valence-corrected chi connectivity index (χ2v) is 6.26. The number of benzene rings is 1. The van der Waals surface area contributed by atoms with Gasteiger partial charge >= 0.3 is 0 Å². The average molecular weight is 482 g/mol. The Morgan fingerprint density at radius 3 is 2.81 bits per heavy atom. The predicted octanol–water partition coefficient (Wildman–Crippen LogP) is 3.20. The number of guanidine groups is 1. The summed E-state index contributed by atoms with van der Waals surface area (Å²) in [5, 5.41) is 14.8. The molecule has 0 saturated carbocycles. The molecule has 148 valence electrons. The van der Waals surface area contributed by atoms with Crippen molar-refractivity contribution in [1.82, 2.24) is 25.4 Å². The lowest BCUT2D eigenvalue weighted by atomic mass is 10.1. The van der Waals surface area contributed by atoms with E-state index in [1.54, 1.807) is 6.33 Å². The van der Waals surface area contributed by atoms with E-state index in [1.165, 1.54) is 5.56 Å². The summed E-state index contributed by atoms with van der Waals surface area (Å²) < 4.78 is 2.05. The van der Waals surface area contributed by atoms with Crippen molar-refractivity contribution in [2.45, 2.75) is 45.7 Å². The van der Waals surface area contributed by atoms with Gasteiger partial charge in [0.2, 0.25) is 0 Å². The molecule has 2 N–H and O–H groups in total. The quantitative estimate of drug-likeness (QED) is 0.236. The molecule has 0 fully saturated rings. The third kappa shape index (κ3) is 8.55. The smallest absolute Gasteiger partial charge is 0.191 e. The number of hydrogen-bond donors (Lipinski definition) is 2. The minimum absolute atomic E-state index is 0. The Morgan fingerprint density at radius 1 is 1.33 bits per heavy atom. The largest absolute Gasteiger partial charge is 0.354 e. The van der Waals surface area contributed by atoms with Crippen LogP contribution in [0, 0.1) is 0 Å². The van der Waals surface area contributed by atoms with Crippen LogP contribution >= 0.6 is 24.0 Å². The van der Waals surface area contributed by atoms with Crippen LogP contribution in [0.2, 0.25) is 0 Å². The molecule has 2 aromatic rings. The Kier molecular flexibility index (Phi) is 11.4. The highest BCUT2D eigenvalue weighted by molar-refractivity contribution is 14.0. The number of aryl methyl sites for hydroxylation is 2. The summed E-state index contributed by atoms with van der Waals surface area (Å²) in [5.41, 5.74) is 1.36. The summed E-state index contributed by atoms with van der Waals surface area (Å²) in [6, 6.07) is 10.9. The minimum atomic E-state index is 0. The van der Waals surface area contributed by atoms with Crippen LogP contribution in [0.15, 0.2) is 54.3 Å². The van der Waals surface area contributed by atoms with Gasteiger partial charge in [0, 0.05) is 25.6 Å². The van der Waals surface area contributed by atoms with Crippen molar-refractivity contribution < 1.29 is 0 Å². The normalized spacial score (nSPS) is 12.1. The zero-order chi connectivity index (χ0) is 18.6. The number of aromatic nitrogens is 3. The number of halogens is 1. The third-order valence-corrected chi connectivity index (χ3v) is 4.13. The number of hydrogen-bond acceptors (Lipinski definition) is 3. The fraction of sp³-hybridized carbons (Fsp3) is 0.450. The first-order valence-corrected chi connectivity index (χ1v) is 9.29. The summed E-state index contributed by atoms with van der Waals surface area (Å²) in [5.74, 6) is 1.81. The summed E-state index contributed by atoms with van der Waals surface area (Å²) in [7, 11) is 0. The fourth-order valence-electron chi connectivity index (χ4n) is 2.66. The van der Waals surface area contributed by atoms with Crippen molar-refractivity contribution in [2.24, 2.45) is 4.99 Å². The lowest BCUT2D eigenvalue weighted by Gasteiger charge is -2.18. The molecule has 27 heavy (non-hydrogen) atoms. The lowest BCUT2D eigenvalue weighted by Crippen LogP contribution is -2.42. The van der Waals surface area contributed by atoms with Crippen molar-refractivity contribution in [3.8, 4) is 0 Å². The zero-order valence-corrected chi connectivity index (χ0v) is 18.6. The molecule has 0 amide bonds. The fourth-order valence-corrected chi connectivity index (χ4v) is 2.66. The highest BCUT2D eigenvalue weighted by Gasteiger charge is 2.06. The molecule has 7 heteroatoms. The zero-order valence-electron chi connectivity index (χ0n) is 16.3. The van der Waals surface area contributed by atoms with Gasteiger partial charge in [0.15, 0.2) is 5.96 Å². The second kappa shape index (κ2) is 13.3. The van der Waals surface area contributed by atoms with Crippen molar-refractivity contribution in [3.05, 3.63) is 60.7 Å². The van der Waals surface area contributed by atoms with Crippen LogP contribution in [0.1, 0.15) is 31.7 Å². The second-order valence-electron chi connectivity index (χ2n) is 6.26. The van der Waals surface area contributed by atoms with Gasteiger partial charge in [-0.3, -0.25) is 4.99 Å². The van der Waals surface area contributed by atoms with E-state index >= 15 is 0 Å². The lowest BCUT2D eigenvalue weighted by molar-refractivity contribution is 0.591. The molecule has 2 rings (SSSR count). The SMILES string of the molecule is C=CCNC(=NCCn1cnnc1CC)NC(C)CCc1ccccc1.I. The van der Waals surface area contributed by atoms with Gasteiger partial charge in [-0.2, -0.15) is 0 Å². The maximum absolute atomic E-state index is 4.68. The first-order chi connectivity index (χ1) is 12.7. The maximum Gasteiger partial charge on any atom is 0.191 e. The standard InChI is InChI=1S/C20H30N6.HI/c1-4-13-21-20(22-14-15-26-16-23-25-19(26)5-2)24-17(3)11-12-18-9-7-6-8-10-18;/h4,6-10,16-17H,1,5,11-15H2,2-3H3,(H2,21,22,24);1H. The third-order valence-electron chi connectivity index (χ3n) is 4.13. The van der Waals surface area contributed by atoms with Crippen LogP contribution in [0.4, 0.5) is 0 Å². The molecule has 6 nitrogen and oxygen atoms in total. The Balaban J connectivity index is 0.00000364. The first-order valence-electron chi connectivity index (χ1n) is 9.29. The molecule has 0 saturated heterocycles. The van der Waals surface area contributed by atoms with E-state index in [0.717, 1.165) is 37.6 Å². The summed E-state index contributed by atoms with van der Waals surface area (Å²) in [4.78, 5) is 4.68. The van der Waals surface area contributed by atoms with E-state index in [4.69, 9.17) is 0 Å².